The zero-order valence-corrected chi connectivity index (χ0v) is 15.7. The van der Waals surface area contributed by atoms with Crippen molar-refractivity contribution in [2.75, 3.05) is 38.2 Å². The number of anilines is 1. The summed E-state index contributed by atoms with van der Waals surface area (Å²) in [6.07, 6.45) is 2.09. The number of nitrogens with zero attached hydrogens (tertiary/aromatic N) is 3. The second-order valence-electron chi connectivity index (χ2n) is 7.06. The van der Waals surface area contributed by atoms with E-state index in [2.05, 4.69) is 10.2 Å². The van der Waals surface area contributed by atoms with Gasteiger partial charge in [0.15, 0.2) is 12.4 Å². The van der Waals surface area contributed by atoms with Gasteiger partial charge in [-0.15, -0.1) is 12.4 Å². The molecule has 3 saturated heterocycles. The van der Waals surface area contributed by atoms with Crippen molar-refractivity contribution < 1.29 is 19.2 Å². The first-order chi connectivity index (χ1) is 12.4. The number of amides is 2. The van der Waals surface area contributed by atoms with Gasteiger partial charge in [-0.1, -0.05) is 0 Å². The van der Waals surface area contributed by atoms with Crippen LogP contribution in [0, 0.1) is 16.0 Å². The molecule has 1 aromatic carbocycles. The summed E-state index contributed by atoms with van der Waals surface area (Å²) in [7, 11) is 1.52. The molecule has 1 unspecified atom stereocenters. The Morgan fingerprint density at radius 3 is 2.63 bits per heavy atom. The number of benzene rings is 1. The molecule has 10 heteroatoms. The van der Waals surface area contributed by atoms with E-state index in [1.54, 1.807) is 0 Å². The standard InChI is InChI=1S/C17H20N4O5.ClH/c1-19-14-7-11(21(24)25)6-12(16(14)26-9-15(19)22)17(23)18-13-8-20-4-2-10(13)3-5-20;/h6-7,10,13H,2-5,8-9H2,1H3,(H,18,23);1H. The van der Waals surface area contributed by atoms with Gasteiger partial charge in [-0.25, -0.2) is 0 Å². The normalized spacial score (nSPS) is 25.9. The van der Waals surface area contributed by atoms with Gasteiger partial charge in [-0.2, -0.15) is 0 Å². The molecule has 1 atom stereocenters. The van der Waals surface area contributed by atoms with Crippen molar-refractivity contribution in [3.63, 3.8) is 0 Å². The van der Waals surface area contributed by atoms with Crippen molar-refractivity contribution in [1.29, 1.82) is 0 Å². The number of nitrogens with one attached hydrogen (secondary N) is 1. The molecule has 0 aliphatic carbocycles. The Morgan fingerprint density at radius 1 is 1.33 bits per heavy atom. The smallest absolute Gasteiger partial charge is 0.272 e. The van der Waals surface area contributed by atoms with Crippen molar-refractivity contribution in [1.82, 2.24) is 10.2 Å². The van der Waals surface area contributed by atoms with Gasteiger partial charge in [0.2, 0.25) is 0 Å². The summed E-state index contributed by atoms with van der Waals surface area (Å²) >= 11 is 0. The molecule has 2 amide bonds. The van der Waals surface area contributed by atoms with Crippen LogP contribution in [-0.2, 0) is 4.79 Å². The topological polar surface area (TPSA) is 105 Å². The lowest BCUT2D eigenvalue weighted by atomic mass is 9.84. The molecular weight excluding hydrogens is 376 g/mol. The van der Waals surface area contributed by atoms with Crippen LogP contribution in [0.1, 0.15) is 23.2 Å². The van der Waals surface area contributed by atoms with Gasteiger partial charge >= 0.3 is 0 Å². The Balaban J connectivity index is 0.00000210. The Morgan fingerprint density at radius 2 is 2.04 bits per heavy atom. The number of rotatable bonds is 3. The predicted octanol–water partition coefficient (Wildman–Crippen LogP) is 1.20. The average Bonchev–Trinajstić information content (AvgIpc) is 2.65. The van der Waals surface area contributed by atoms with Gasteiger partial charge in [0.05, 0.1) is 16.2 Å². The number of non-ortho nitro benzene ring substituents is 1. The Hall–Kier alpha value is -2.39. The van der Waals surface area contributed by atoms with Crippen LogP contribution >= 0.6 is 12.4 Å². The largest absolute Gasteiger partial charge is 0.481 e. The predicted molar refractivity (Wildman–Crippen MR) is 99.7 cm³/mol. The fraction of sp³-hybridized carbons (Fsp3) is 0.529. The minimum absolute atomic E-state index is 0. The van der Waals surface area contributed by atoms with Crippen molar-refractivity contribution in [2.45, 2.75) is 18.9 Å². The number of carbonyl (C=O) groups is 2. The van der Waals surface area contributed by atoms with Crippen LogP contribution in [0.25, 0.3) is 0 Å². The highest BCUT2D eigenvalue weighted by atomic mass is 35.5. The van der Waals surface area contributed by atoms with Crippen molar-refractivity contribution in [3.05, 3.63) is 27.8 Å². The second kappa shape index (κ2) is 7.32. The van der Waals surface area contributed by atoms with E-state index in [0.29, 0.717) is 5.92 Å². The second-order valence-corrected chi connectivity index (χ2v) is 7.06. The third-order valence-corrected chi connectivity index (χ3v) is 5.56. The molecule has 0 spiro atoms. The van der Waals surface area contributed by atoms with Gasteiger partial charge in [0.25, 0.3) is 17.5 Å². The van der Waals surface area contributed by atoms with Gasteiger partial charge in [-0.3, -0.25) is 19.7 Å². The third-order valence-electron chi connectivity index (χ3n) is 5.56. The Bertz CT molecular complexity index is 794. The molecule has 4 aliphatic rings. The van der Waals surface area contributed by atoms with E-state index in [4.69, 9.17) is 4.74 Å². The first-order valence-electron chi connectivity index (χ1n) is 8.69. The number of nitro groups is 1. The van der Waals surface area contributed by atoms with E-state index in [1.807, 2.05) is 0 Å². The number of halogens is 1. The van der Waals surface area contributed by atoms with E-state index in [-0.39, 0.29) is 53.7 Å². The van der Waals surface area contributed by atoms with E-state index in [0.717, 1.165) is 32.5 Å². The molecule has 0 aromatic heterocycles. The molecule has 4 aliphatic heterocycles. The Labute approximate surface area is 162 Å². The average molecular weight is 397 g/mol. The fourth-order valence-corrected chi connectivity index (χ4v) is 4.01. The molecule has 146 valence electrons. The van der Waals surface area contributed by atoms with Crippen LogP contribution in [0.5, 0.6) is 5.75 Å². The lowest BCUT2D eigenvalue weighted by molar-refractivity contribution is -0.384. The summed E-state index contributed by atoms with van der Waals surface area (Å²) in [5, 5.41) is 14.3. The molecule has 4 heterocycles. The number of hydrogen-bond donors (Lipinski definition) is 1. The zero-order valence-electron chi connectivity index (χ0n) is 14.8. The molecule has 5 rings (SSSR count). The van der Waals surface area contributed by atoms with Crippen molar-refractivity contribution >= 4 is 35.6 Å². The van der Waals surface area contributed by atoms with Crippen LogP contribution in [-0.4, -0.2) is 61.0 Å². The summed E-state index contributed by atoms with van der Waals surface area (Å²) in [5.74, 6) is -0.0617. The minimum Gasteiger partial charge on any atom is -0.481 e. The summed E-state index contributed by atoms with van der Waals surface area (Å²) in [4.78, 5) is 39.0. The third kappa shape index (κ3) is 3.44. The number of nitro benzene ring substituents is 1. The molecule has 0 saturated carbocycles. The van der Waals surface area contributed by atoms with Crippen molar-refractivity contribution in [3.8, 4) is 5.75 Å². The molecule has 9 nitrogen and oxygen atoms in total. The number of fused-ring (bicyclic) bond motifs is 4. The van der Waals surface area contributed by atoms with Crippen LogP contribution in [0.3, 0.4) is 0 Å². The van der Waals surface area contributed by atoms with E-state index in [9.17, 15) is 19.7 Å². The molecular formula is C17H21ClN4O5. The van der Waals surface area contributed by atoms with E-state index < -0.39 is 10.8 Å². The Kier molecular flexibility index (Phi) is 5.25. The SMILES string of the molecule is CN1C(=O)COc2c(C(=O)NC3CN4CCC3CC4)cc([N+](=O)[O-])cc21.Cl. The van der Waals surface area contributed by atoms with Crippen molar-refractivity contribution in [2.24, 2.45) is 5.92 Å². The minimum atomic E-state index is -0.571. The van der Waals surface area contributed by atoms with E-state index in [1.165, 1.54) is 24.1 Å². The fourth-order valence-electron chi connectivity index (χ4n) is 4.01. The highest BCUT2D eigenvalue weighted by Gasteiger charge is 2.36. The maximum atomic E-state index is 12.9. The molecule has 2 bridgehead atoms. The van der Waals surface area contributed by atoms with Crippen LogP contribution in [0.4, 0.5) is 11.4 Å². The highest BCUT2D eigenvalue weighted by Crippen LogP contribution is 2.38. The summed E-state index contributed by atoms with van der Waals surface area (Å²) in [5.41, 5.74) is 0.104. The van der Waals surface area contributed by atoms with Crippen LogP contribution in [0.15, 0.2) is 12.1 Å². The lowest BCUT2D eigenvalue weighted by Gasteiger charge is -2.45. The van der Waals surface area contributed by atoms with Crippen LogP contribution in [0.2, 0.25) is 0 Å². The molecule has 3 fully saturated rings. The number of likely N-dealkylation sites (N-methyl/N-ethyl adjacent to an activating group) is 1. The maximum absolute atomic E-state index is 12.9. The summed E-state index contributed by atoms with van der Waals surface area (Å²) in [6.45, 7) is 2.71. The summed E-state index contributed by atoms with van der Waals surface area (Å²) < 4.78 is 5.46. The van der Waals surface area contributed by atoms with Gasteiger partial charge in [0, 0.05) is 31.8 Å². The number of ether oxygens (including phenoxy) is 1. The molecule has 27 heavy (non-hydrogen) atoms. The zero-order chi connectivity index (χ0) is 18.4. The maximum Gasteiger partial charge on any atom is 0.272 e. The monoisotopic (exact) mass is 396 g/mol. The summed E-state index contributed by atoms with van der Waals surface area (Å²) in [6, 6.07) is 2.51. The quantitative estimate of drug-likeness (QED) is 0.608. The van der Waals surface area contributed by atoms with E-state index >= 15 is 0 Å². The number of carbonyl (C=O) groups excluding carboxylic acids is 2. The highest BCUT2D eigenvalue weighted by molar-refractivity contribution is 6.05. The molecule has 1 aromatic rings. The number of piperidine rings is 3. The first-order valence-corrected chi connectivity index (χ1v) is 8.69. The van der Waals surface area contributed by atoms with Gasteiger partial charge in [-0.05, 0) is 31.8 Å². The number of hydrogen-bond acceptors (Lipinski definition) is 6. The van der Waals surface area contributed by atoms with Gasteiger partial charge in [0.1, 0.15) is 0 Å². The lowest BCUT2D eigenvalue weighted by Crippen LogP contribution is -2.57. The van der Waals surface area contributed by atoms with Gasteiger partial charge < -0.3 is 19.9 Å². The molecule has 0 radical (unpaired) electrons. The van der Waals surface area contributed by atoms with Crippen LogP contribution < -0.4 is 15.0 Å². The molecule has 1 N–H and O–H groups in total. The first kappa shape index (κ1) is 19.4.